The maximum atomic E-state index is 14.3. The summed E-state index contributed by atoms with van der Waals surface area (Å²) in [6.45, 7) is 0.221. The van der Waals surface area contributed by atoms with E-state index in [0.29, 0.717) is 0 Å². The van der Waals surface area contributed by atoms with E-state index in [0.717, 1.165) is 31.7 Å². The normalized spacial score (nSPS) is 16.8. The first-order valence-corrected chi connectivity index (χ1v) is 8.45. The van der Waals surface area contributed by atoms with Crippen LogP contribution in [0.4, 0.5) is 4.39 Å². The van der Waals surface area contributed by atoms with Crippen molar-refractivity contribution in [3.63, 3.8) is 0 Å². The molecule has 0 aromatic heterocycles. The Morgan fingerprint density at radius 3 is 2.60 bits per heavy atom. The Balaban J connectivity index is 2.34. The lowest BCUT2D eigenvalue weighted by Crippen LogP contribution is -2.33. The van der Waals surface area contributed by atoms with Crippen molar-refractivity contribution in [2.24, 2.45) is 0 Å². The van der Waals surface area contributed by atoms with Crippen LogP contribution in [0.15, 0.2) is 17.0 Å². The molecule has 1 aromatic carbocycles. The molecule has 1 fully saturated rings. The molecule has 1 saturated carbocycles. The molecule has 0 atom stereocenters. The number of hydrogen-bond donors (Lipinski definition) is 2. The summed E-state index contributed by atoms with van der Waals surface area (Å²) in [5.41, 5.74) is 0.242. The number of nitrogens with one attached hydrogen (secondary N) is 2. The summed E-state index contributed by atoms with van der Waals surface area (Å²) in [5.74, 6) is -0.741. The van der Waals surface area contributed by atoms with E-state index in [9.17, 15) is 12.8 Å². The number of rotatable bonds is 5. The molecule has 2 rings (SSSR count). The lowest BCUT2D eigenvalue weighted by Gasteiger charge is -2.15. The van der Waals surface area contributed by atoms with Gasteiger partial charge in [-0.25, -0.2) is 17.5 Å². The van der Waals surface area contributed by atoms with Crippen LogP contribution in [0.5, 0.6) is 0 Å². The van der Waals surface area contributed by atoms with E-state index in [1.807, 2.05) is 0 Å². The smallest absolute Gasteiger partial charge is 0.243 e. The van der Waals surface area contributed by atoms with Crippen molar-refractivity contribution in [2.45, 2.75) is 43.2 Å². The molecule has 0 heterocycles. The van der Waals surface area contributed by atoms with Crippen LogP contribution in [0.2, 0.25) is 5.02 Å². The van der Waals surface area contributed by atoms with Crippen molar-refractivity contribution in [1.82, 2.24) is 10.0 Å². The molecule has 1 aliphatic carbocycles. The standard InChI is InChI=1S/C13H18ClFN2O2S/c1-16-8-9-6-10(14)7-12(13(9)15)20(18,19)17-11-4-2-3-5-11/h6-7,11,16-17H,2-5,8H2,1H3. The average molecular weight is 321 g/mol. The number of halogens is 2. The summed E-state index contributed by atoms with van der Waals surface area (Å²) in [6.07, 6.45) is 3.59. The highest BCUT2D eigenvalue weighted by atomic mass is 35.5. The largest absolute Gasteiger partial charge is 0.316 e. The Morgan fingerprint density at radius 1 is 1.35 bits per heavy atom. The Hall–Kier alpha value is -0.690. The van der Waals surface area contributed by atoms with Crippen molar-refractivity contribution in [3.8, 4) is 0 Å². The van der Waals surface area contributed by atoms with E-state index in [1.54, 1.807) is 7.05 Å². The monoisotopic (exact) mass is 320 g/mol. The minimum atomic E-state index is -3.87. The molecule has 0 radical (unpaired) electrons. The van der Waals surface area contributed by atoms with Gasteiger partial charge in [-0.1, -0.05) is 24.4 Å². The third kappa shape index (κ3) is 3.49. The van der Waals surface area contributed by atoms with Gasteiger partial charge >= 0.3 is 0 Å². The Morgan fingerprint density at radius 2 is 2.00 bits per heavy atom. The molecule has 2 N–H and O–H groups in total. The molecule has 0 unspecified atom stereocenters. The van der Waals surface area contributed by atoms with Crippen molar-refractivity contribution in [1.29, 1.82) is 0 Å². The zero-order valence-corrected chi connectivity index (χ0v) is 12.8. The second-order valence-electron chi connectivity index (χ2n) is 5.01. The summed E-state index contributed by atoms with van der Waals surface area (Å²) < 4.78 is 41.4. The van der Waals surface area contributed by atoms with Crippen LogP contribution in [0.1, 0.15) is 31.2 Å². The second-order valence-corrected chi connectivity index (χ2v) is 7.13. The lowest BCUT2D eigenvalue weighted by atomic mass is 10.2. The average Bonchev–Trinajstić information content (AvgIpc) is 2.85. The van der Waals surface area contributed by atoms with Crippen LogP contribution < -0.4 is 10.0 Å². The van der Waals surface area contributed by atoms with Crippen LogP contribution >= 0.6 is 11.6 Å². The van der Waals surface area contributed by atoms with Crippen LogP contribution in [0, 0.1) is 5.82 Å². The van der Waals surface area contributed by atoms with Gasteiger partial charge < -0.3 is 5.32 Å². The first-order valence-electron chi connectivity index (χ1n) is 6.59. The third-order valence-electron chi connectivity index (χ3n) is 3.41. The highest BCUT2D eigenvalue weighted by Crippen LogP contribution is 2.26. The maximum Gasteiger partial charge on any atom is 0.243 e. The first-order chi connectivity index (χ1) is 9.44. The van der Waals surface area contributed by atoms with Gasteiger partial charge in [-0.2, -0.15) is 0 Å². The van der Waals surface area contributed by atoms with E-state index in [1.165, 1.54) is 6.07 Å². The highest BCUT2D eigenvalue weighted by Gasteiger charge is 2.26. The fourth-order valence-electron chi connectivity index (χ4n) is 2.46. The SMILES string of the molecule is CNCc1cc(Cl)cc(S(=O)(=O)NC2CCCC2)c1F. The third-order valence-corrected chi connectivity index (χ3v) is 5.15. The van der Waals surface area contributed by atoms with Crippen LogP contribution in [-0.2, 0) is 16.6 Å². The van der Waals surface area contributed by atoms with Gasteiger partial charge in [0.2, 0.25) is 10.0 Å². The molecular weight excluding hydrogens is 303 g/mol. The van der Waals surface area contributed by atoms with Gasteiger partial charge in [-0.3, -0.25) is 0 Å². The van der Waals surface area contributed by atoms with Gasteiger partial charge in [0.25, 0.3) is 0 Å². The zero-order chi connectivity index (χ0) is 14.8. The fourth-order valence-corrected chi connectivity index (χ4v) is 4.22. The minimum absolute atomic E-state index is 0.105. The van der Waals surface area contributed by atoms with Crippen molar-refractivity contribution in [2.75, 3.05) is 7.05 Å². The van der Waals surface area contributed by atoms with Crippen molar-refractivity contribution in [3.05, 3.63) is 28.5 Å². The minimum Gasteiger partial charge on any atom is -0.316 e. The highest BCUT2D eigenvalue weighted by molar-refractivity contribution is 7.89. The molecule has 0 saturated heterocycles. The van der Waals surface area contributed by atoms with Crippen LogP contribution in [0.25, 0.3) is 0 Å². The van der Waals surface area contributed by atoms with Crippen LogP contribution in [-0.4, -0.2) is 21.5 Å². The van der Waals surface area contributed by atoms with Gasteiger partial charge in [-0.05, 0) is 32.0 Å². The quantitative estimate of drug-likeness (QED) is 0.876. The summed E-state index contributed by atoms with van der Waals surface area (Å²) in [7, 11) is -2.22. The van der Waals surface area contributed by atoms with E-state index in [-0.39, 0.29) is 28.1 Å². The van der Waals surface area contributed by atoms with Crippen LogP contribution in [0.3, 0.4) is 0 Å². The summed E-state index contributed by atoms with van der Waals surface area (Å²) >= 11 is 5.89. The Labute approximate surface area is 123 Å². The van der Waals surface area contributed by atoms with E-state index in [4.69, 9.17) is 11.6 Å². The van der Waals surface area contributed by atoms with E-state index < -0.39 is 15.8 Å². The number of benzene rings is 1. The molecule has 0 bridgehead atoms. The fraction of sp³-hybridized carbons (Fsp3) is 0.538. The number of hydrogen-bond acceptors (Lipinski definition) is 3. The first kappa shape index (κ1) is 15.7. The second kappa shape index (κ2) is 6.39. The van der Waals surface area contributed by atoms with E-state index in [2.05, 4.69) is 10.0 Å². The van der Waals surface area contributed by atoms with E-state index >= 15 is 0 Å². The van der Waals surface area contributed by atoms with Crippen molar-refractivity contribution >= 4 is 21.6 Å². The van der Waals surface area contributed by atoms with Gasteiger partial charge in [-0.15, -0.1) is 0 Å². The molecule has 1 aromatic rings. The Kier molecular flexibility index (Phi) is 5.01. The van der Waals surface area contributed by atoms with Gasteiger partial charge in [0.05, 0.1) is 0 Å². The molecular formula is C13H18ClFN2O2S. The molecule has 0 amide bonds. The zero-order valence-electron chi connectivity index (χ0n) is 11.2. The van der Waals surface area contributed by atoms with Gasteiger partial charge in [0, 0.05) is 23.2 Å². The molecule has 112 valence electrons. The lowest BCUT2D eigenvalue weighted by molar-refractivity contribution is 0.530. The molecule has 7 heteroatoms. The molecule has 0 aliphatic heterocycles. The molecule has 4 nitrogen and oxygen atoms in total. The van der Waals surface area contributed by atoms with Crippen molar-refractivity contribution < 1.29 is 12.8 Å². The molecule has 1 aliphatic rings. The topological polar surface area (TPSA) is 58.2 Å². The summed E-state index contributed by atoms with van der Waals surface area (Å²) in [4.78, 5) is -0.373. The summed E-state index contributed by atoms with van der Waals surface area (Å²) in [5, 5.41) is 3.00. The van der Waals surface area contributed by atoms with Gasteiger partial charge in [0.15, 0.2) is 0 Å². The predicted molar refractivity (Wildman–Crippen MR) is 76.8 cm³/mol. The Bertz CT molecular complexity index is 586. The maximum absolute atomic E-state index is 14.3. The molecule has 20 heavy (non-hydrogen) atoms. The van der Waals surface area contributed by atoms with Gasteiger partial charge in [0.1, 0.15) is 10.7 Å². The summed E-state index contributed by atoms with van der Waals surface area (Å²) in [6, 6.07) is 2.49. The predicted octanol–water partition coefficient (Wildman–Crippen LogP) is 2.42. The molecule has 0 spiro atoms. The number of sulfonamides is 1.